The molecular formula is C19H20N6O3S. The lowest BCUT2D eigenvalue weighted by molar-refractivity contribution is -0.384. The number of anilines is 2. The smallest absolute Gasteiger partial charge is 0.293 e. The van der Waals surface area contributed by atoms with Crippen LogP contribution in [0.1, 0.15) is 15.2 Å². The molecule has 1 N–H and O–H groups in total. The Morgan fingerprint density at radius 1 is 1.17 bits per heavy atom. The molecule has 0 radical (unpaired) electrons. The van der Waals surface area contributed by atoms with Crippen LogP contribution in [0.15, 0.2) is 30.6 Å². The number of nitrogens with one attached hydrogen (secondary N) is 1. The Balaban J connectivity index is 1.56. The fourth-order valence-corrected chi connectivity index (χ4v) is 4.44. The van der Waals surface area contributed by atoms with Gasteiger partial charge in [-0.1, -0.05) is 0 Å². The van der Waals surface area contributed by atoms with Gasteiger partial charge in [-0.25, -0.2) is 9.97 Å². The Bertz CT molecular complexity index is 1090. The van der Waals surface area contributed by atoms with E-state index in [1.165, 1.54) is 18.0 Å². The van der Waals surface area contributed by atoms with Gasteiger partial charge in [-0.15, -0.1) is 11.3 Å². The average molecular weight is 412 g/mol. The van der Waals surface area contributed by atoms with E-state index in [1.54, 1.807) is 29.8 Å². The molecule has 0 atom stereocenters. The summed E-state index contributed by atoms with van der Waals surface area (Å²) in [6, 6.07) is 6.71. The van der Waals surface area contributed by atoms with Crippen molar-refractivity contribution in [1.82, 2.24) is 15.3 Å². The Morgan fingerprint density at radius 2 is 1.90 bits per heavy atom. The van der Waals surface area contributed by atoms with E-state index in [9.17, 15) is 14.9 Å². The highest BCUT2D eigenvalue weighted by molar-refractivity contribution is 7.18. The SMILES string of the molecule is CNC(=O)c1ccc(N2CCN(c3ncnc4sc(C)cc34)CC2)c([N+](=O)[O-])c1. The molecule has 0 aliphatic carbocycles. The van der Waals surface area contributed by atoms with Crippen molar-refractivity contribution in [2.75, 3.05) is 43.0 Å². The van der Waals surface area contributed by atoms with Crippen molar-refractivity contribution in [2.45, 2.75) is 6.92 Å². The number of amides is 1. The van der Waals surface area contributed by atoms with Crippen LogP contribution in [0.3, 0.4) is 0 Å². The Kier molecular flexibility index (Phi) is 5.01. The topological polar surface area (TPSA) is 104 Å². The largest absolute Gasteiger partial charge is 0.362 e. The quantitative estimate of drug-likeness (QED) is 0.519. The lowest BCUT2D eigenvalue weighted by Crippen LogP contribution is -2.47. The van der Waals surface area contributed by atoms with Crippen molar-refractivity contribution in [1.29, 1.82) is 0 Å². The first-order valence-corrected chi connectivity index (χ1v) is 10.0. The number of hydrogen-bond acceptors (Lipinski definition) is 8. The molecule has 2 aromatic heterocycles. The van der Waals surface area contributed by atoms with Gasteiger partial charge < -0.3 is 15.1 Å². The maximum atomic E-state index is 11.8. The van der Waals surface area contributed by atoms with Gasteiger partial charge >= 0.3 is 0 Å². The predicted octanol–water partition coefficient (Wildman–Crippen LogP) is 2.59. The number of aromatic nitrogens is 2. The molecule has 10 heteroatoms. The third-order valence-corrected chi connectivity index (χ3v) is 5.97. The molecule has 3 heterocycles. The third-order valence-electron chi connectivity index (χ3n) is 5.01. The van der Waals surface area contributed by atoms with E-state index in [4.69, 9.17) is 0 Å². The Morgan fingerprint density at radius 3 is 2.59 bits per heavy atom. The van der Waals surface area contributed by atoms with Crippen molar-refractivity contribution in [3.8, 4) is 0 Å². The molecule has 0 spiro atoms. The van der Waals surface area contributed by atoms with Crippen LogP contribution in [-0.2, 0) is 0 Å². The molecule has 150 valence electrons. The molecule has 1 amide bonds. The molecule has 1 saturated heterocycles. The highest BCUT2D eigenvalue weighted by atomic mass is 32.1. The number of fused-ring (bicyclic) bond motifs is 1. The van der Waals surface area contributed by atoms with E-state index >= 15 is 0 Å². The molecule has 1 aliphatic rings. The molecular weight excluding hydrogens is 392 g/mol. The van der Waals surface area contributed by atoms with Crippen molar-refractivity contribution < 1.29 is 9.72 Å². The molecule has 29 heavy (non-hydrogen) atoms. The van der Waals surface area contributed by atoms with Crippen molar-refractivity contribution in [3.63, 3.8) is 0 Å². The van der Waals surface area contributed by atoms with Crippen molar-refractivity contribution >= 4 is 44.7 Å². The maximum absolute atomic E-state index is 11.8. The summed E-state index contributed by atoms with van der Waals surface area (Å²) in [6.07, 6.45) is 1.59. The summed E-state index contributed by atoms with van der Waals surface area (Å²) in [5.41, 5.74) is 0.747. The minimum atomic E-state index is -0.434. The first-order valence-electron chi connectivity index (χ1n) is 9.19. The van der Waals surface area contributed by atoms with Gasteiger partial charge in [0, 0.05) is 49.7 Å². The second-order valence-corrected chi connectivity index (χ2v) is 8.02. The van der Waals surface area contributed by atoms with Crippen LogP contribution >= 0.6 is 11.3 Å². The number of hydrogen-bond donors (Lipinski definition) is 1. The Hall–Kier alpha value is -3.27. The molecule has 1 aliphatic heterocycles. The number of benzene rings is 1. The maximum Gasteiger partial charge on any atom is 0.293 e. The van der Waals surface area contributed by atoms with Gasteiger partial charge in [-0.2, -0.15) is 0 Å². The second kappa shape index (κ2) is 7.63. The molecule has 9 nitrogen and oxygen atoms in total. The van der Waals surface area contributed by atoms with E-state index in [0.29, 0.717) is 31.9 Å². The minimum absolute atomic E-state index is 0.0579. The van der Waals surface area contributed by atoms with Crippen molar-refractivity contribution in [2.24, 2.45) is 0 Å². The highest BCUT2D eigenvalue weighted by Gasteiger charge is 2.26. The van der Waals surface area contributed by atoms with E-state index in [-0.39, 0.29) is 17.2 Å². The molecule has 3 aromatic rings. The van der Waals surface area contributed by atoms with Gasteiger partial charge in [-0.05, 0) is 25.1 Å². The summed E-state index contributed by atoms with van der Waals surface area (Å²) in [5.74, 6) is 0.562. The summed E-state index contributed by atoms with van der Waals surface area (Å²) in [6.45, 7) is 4.67. The zero-order valence-electron chi connectivity index (χ0n) is 16.1. The van der Waals surface area contributed by atoms with E-state index in [2.05, 4.69) is 33.2 Å². The number of piperazine rings is 1. The van der Waals surface area contributed by atoms with Crippen molar-refractivity contribution in [3.05, 3.63) is 51.1 Å². The molecule has 1 fully saturated rings. The summed E-state index contributed by atoms with van der Waals surface area (Å²) in [5, 5.41) is 15.1. The molecule has 0 saturated carbocycles. The van der Waals surface area contributed by atoms with Gasteiger partial charge in [0.25, 0.3) is 11.6 Å². The highest BCUT2D eigenvalue weighted by Crippen LogP contribution is 2.33. The fraction of sp³-hybridized carbons (Fsp3) is 0.316. The van der Waals surface area contributed by atoms with Gasteiger partial charge in [0.05, 0.1) is 10.3 Å². The summed E-state index contributed by atoms with van der Waals surface area (Å²) < 4.78 is 0. The predicted molar refractivity (Wildman–Crippen MR) is 113 cm³/mol. The van der Waals surface area contributed by atoms with Gasteiger partial charge in [0.1, 0.15) is 22.7 Å². The fourth-order valence-electron chi connectivity index (χ4n) is 3.60. The van der Waals surface area contributed by atoms with E-state index in [1.807, 2.05) is 4.90 Å². The number of nitro groups is 1. The lowest BCUT2D eigenvalue weighted by atomic mass is 10.1. The van der Waals surface area contributed by atoms with Crippen LogP contribution in [-0.4, -0.2) is 54.0 Å². The molecule has 0 bridgehead atoms. The summed E-state index contributed by atoms with van der Waals surface area (Å²) in [7, 11) is 1.50. The van der Waals surface area contributed by atoms with E-state index in [0.717, 1.165) is 16.0 Å². The molecule has 1 aromatic carbocycles. The zero-order valence-corrected chi connectivity index (χ0v) is 16.9. The van der Waals surface area contributed by atoms with Gasteiger partial charge in [-0.3, -0.25) is 14.9 Å². The summed E-state index contributed by atoms with van der Waals surface area (Å²) in [4.78, 5) is 38.1. The molecule has 0 unspecified atom stereocenters. The third kappa shape index (κ3) is 3.58. The second-order valence-electron chi connectivity index (χ2n) is 6.79. The van der Waals surface area contributed by atoms with Crippen LogP contribution in [0, 0.1) is 17.0 Å². The number of thiophene rings is 1. The van der Waals surface area contributed by atoms with Gasteiger partial charge in [0.15, 0.2) is 0 Å². The first kappa shape index (κ1) is 19.1. The zero-order chi connectivity index (χ0) is 20.5. The number of aryl methyl sites for hydroxylation is 1. The van der Waals surface area contributed by atoms with E-state index < -0.39 is 4.92 Å². The number of rotatable bonds is 4. The van der Waals surface area contributed by atoms with Crippen LogP contribution < -0.4 is 15.1 Å². The minimum Gasteiger partial charge on any atom is -0.362 e. The average Bonchev–Trinajstić information content (AvgIpc) is 3.13. The van der Waals surface area contributed by atoms with Crippen LogP contribution in [0.2, 0.25) is 0 Å². The number of carbonyl (C=O) groups is 1. The Labute approximate surface area is 171 Å². The monoisotopic (exact) mass is 412 g/mol. The first-order chi connectivity index (χ1) is 14.0. The lowest BCUT2D eigenvalue weighted by Gasteiger charge is -2.36. The van der Waals surface area contributed by atoms with Crippen LogP contribution in [0.25, 0.3) is 10.2 Å². The summed E-state index contributed by atoms with van der Waals surface area (Å²) >= 11 is 1.64. The number of nitrogens with zero attached hydrogens (tertiary/aromatic N) is 5. The molecule has 4 rings (SSSR count). The van der Waals surface area contributed by atoms with Crippen LogP contribution in [0.5, 0.6) is 0 Å². The van der Waals surface area contributed by atoms with Gasteiger partial charge in [0.2, 0.25) is 0 Å². The van der Waals surface area contributed by atoms with Crippen LogP contribution in [0.4, 0.5) is 17.2 Å². The standard InChI is InChI=1S/C19H20N6O3S/c1-12-9-14-17(21-11-22-19(14)29-12)24-7-5-23(6-8-24)15-4-3-13(18(26)20-2)10-16(15)25(27)28/h3-4,9-11H,5-8H2,1-2H3,(H,20,26). The normalized spacial score (nSPS) is 14.3. The number of carbonyl (C=O) groups excluding carboxylic acids is 1. The number of nitro benzene ring substituents is 1.